The Balaban J connectivity index is 2.10. The zero-order valence-electron chi connectivity index (χ0n) is 15.5. The van der Waals surface area contributed by atoms with Gasteiger partial charge in [0.15, 0.2) is 0 Å². The summed E-state index contributed by atoms with van der Waals surface area (Å²) in [6.45, 7) is 9.78. The number of thiazole rings is 1. The molecule has 1 amide bonds. The molecule has 0 unspecified atom stereocenters. The van der Waals surface area contributed by atoms with Crippen molar-refractivity contribution in [2.24, 2.45) is 0 Å². The summed E-state index contributed by atoms with van der Waals surface area (Å²) in [6.07, 6.45) is 0. The minimum Gasteiger partial charge on any atom is -0.336 e. The SMILES string of the molecule is Cc1nc2c(-c3cccs3)nc(=O)n(CC(=O)N(C(C)C)C(C)C)c2s1. The maximum absolute atomic E-state index is 12.8. The van der Waals surface area contributed by atoms with Crippen LogP contribution in [0.1, 0.15) is 32.7 Å². The van der Waals surface area contributed by atoms with Crippen LogP contribution in [0.25, 0.3) is 20.9 Å². The molecule has 0 aliphatic heterocycles. The first-order valence-corrected chi connectivity index (χ1v) is 10.2. The highest BCUT2D eigenvalue weighted by Gasteiger charge is 2.23. The number of aromatic nitrogens is 3. The van der Waals surface area contributed by atoms with Crippen LogP contribution in [0.3, 0.4) is 0 Å². The van der Waals surface area contributed by atoms with E-state index in [1.54, 1.807) is 4.90 Å². The fourth-order valence-corrected chi connectivity index (χ4v) is 4.79. The molecule has 3 rings (SSSR count). The number of fused-ring (bicyclic) bond motifs is 1. The number of carbonyl (C=O) groups excluding carboxylic acids is 1. The van der Waals surface area contributed by atoms with Crippen molar-refractivity contribution in [2.75, 3.05) is 0 Å². The molecule has 3 aromatic rings. The lowest BCUT2D eigenvalue weighted by Crippen LogP contribution is -2.45. The lowest BCUT2D eigenvalue weighted by Gasteiger charge is -2.31. The first-order valence-electron chi connectivity index (χ1n) is 8.52. The third-order valence-corrected chi connectivity index (χ3v) is 5.94. The Hall–Kier alpha value is -2.06. The van der Waals surface area contributed by atoms with Crippen LogP contribution < -0.4 is 5.69 Å². The van der Waals surface area contributed by atoms with Gasteiger partial charge in [-0.15, -0.1) is 22.7 Å². The standard InChI is InChI=1S/C18H22N4O2S2/c1-10(2)22(11(3)4)14(23)9-21-17-16(19-12(5)26-17)15(20-18(21)24)13-7-6-8-25-13/h6-8,10-11H,9H2,1-5H3. The number of amides is 1. The van der Waals surface area contributed by atoms with Crippen LogP contribution in [0.15, 0.2) is 22.3 Å². The van der Waals surface area contributed by atoms with Crippen LogP contribution in [-0.4, -0.2) is 37.4 Å². The summed E-state index contributed by atoms with van der Waals surface area (Å²) in [5.74, 6) is -0.0878. The van der Waals surface area contributed by atoms with Gasteiger partial charge in [0.05, 0.1) is 9.88 Å². The summed E-state index contributed by atoms with van der Waals surface area (Å²) in [4.78, 5) is 37.8. The van der Waals surface area contributed by atoms with E-state index in [9.17, 15) is 9.59 Å². The third-order valence-electron chi connectivity index (χ3n) is 4.07. The predicted molar refractivity (Wildman–Crippen MR) is 107 cm³/mol. The zero-order valence-corrected chi connectivity index (χ0v) is 17.1. The molecule has 138 valence electrons. The molecule has 0 bridgehead atoms. The van der Waals surface area contributed by atoms with Gasteiger partial charge in [-0.05, 0) is 46.1 Å². The van der Waals surface area contributed by atoms with Gasteiger partial charge in [0.2, 0.25) is 5.91 Å². The van der Waals surface area contributed by atoms with E-state index in [0.717, 1.165) is 9.88 Å². The Labute approximate surface area is 160 Å². The van der Waals surface area contributed by atoms with Gasteiger partial charge in [0.25, 0.3) is 0 Å². The summed E-state index contributed by atoms with van der Waals surface area (Å²) in [5.41, 5.74) is 0.867. The van der Waals surface area contributed by atoms with E-state index in [1.807, 2.05) is 52.1 Å². The van der Waals surface area contributed by atoms with E-state index >= 15 is 0 Å². The van der Waals surface area contributed by atoms with Crippen molar-refractivity contribution in [1.29, 1.82) is 0 Å². The smallest absolute Gasteiger partial charge is 0.336 e. The molecule has 0 atom stereocenters. The molecule has 0 spiro atoms. The molecule has 0 saturated carbocycles. The van der Waals surface area contributed by atoms with Crippen LogP contribution in [0.4, 0.5) is 0 Å². The van der Waals surface area contributed by atoms with E-state index < -0.39 is 5.69 Å². The highest BCUT2D eigenvalue weighted by molar-refractivity contribution is 7.18. The fourth-order valence-electron chi connectivity index (χ4n) is 3.16. The average Bonchev–Trinajstić information content (AvgIpc) is 3.18. The summed E-state index contributed by atoms with van der Waals surface area (Å²) in [5, 5.41) is 2.79. The van der Waals surface area contributed by atoms with Gasteiger partial charge in [-0.25, -0.2) is 9.78 Å². The molecule has 0 radical (unpaired) electrons. The van der Waals surface area contributed by atoms with Crippen LogP contribution in [0, 0.1) is 6.92 Å². The monoisotopic (exact) mass is 390 g/mol. The Kier molecular flexibility index (Phi) is 5.24. The Morgan fingerprint density at radius 3 is 2.50 bits per heavy atom. The highest BCUT2D eigenvalue weighted by atomic mass is 32.1. The molecule has 0 saturated heterocycles. The maximum atomic E-state index is 12.8. The van der Waals surface area contributed by atoms with Gasteiger partial charge in [-0.3, -0.25) is 9.36 Å². The van der Waals surface area contributed by atoms with Gasteiger partial charge >= 0.3 is 5.69 Å². The number of aryl methyl sites for hydroxylation is 1. The van der Waals surface area contributed by atoms with Crippen molar-refractivity contribution in [3.63, 3.8) is 0 Å². The van der Waals surface area contributed by atoms with Crippen molar-refractivity contribution in [3.05, 3.63) is 33.0 Å². The molecule has 0 fully saturated rings. The van der Waals surface area contributed by atoms with E-state index in [4.69, 9.17) is 0 Å². The molecular weight excluding hydrogens is 368 g/mol. The molecule has 0 aliphatic carbocycles. The van der Waals surface area contributed by atoms with Crippen LogP contribution in [-0.2, 0) is 11.3 Å². The van der Waals surface area contributed by atoms with Gasteiger partial charge in [-0.1, -0.05) is 6.07 Å². The minimum absolute atomic E-state index is 0.0228. The average molecular weight is 391 g/mol. The maximum Gasteiger partial charge on any atom is 0.349 e. The second-order valence-electron chi connectivity index (χ2n) is 6.68. The van der Waals surface area contributed by atoms with Crippen molar-refractivity contribution < 1.29 is 4.79 Å². The van der Waals surface area contributed by atoms with Crippen molar-refractivity contribution in [2.45, 2.75) is 53.2 Å². The van der Waals surface area contributed by atoms with Crippen LogP contribution >= 0.6 is 22.7 Å². The molecule has 0 aliphatic rings. The highest BCUT2D eigenvalue weighted by Crippen LogP contribution is 2.31. The van der Waals surface area contributed by atoms with Gasteiger partial charge in [-0.2, -0.15) is 4.98 Å². The number of hydrogen-bond donors (Lipinski definition) is 0. The Morgan fingerprint density at radius 2 is 1.92 bits per heavy atom. The summed E-state index contributed by atoms with van der Waals surface area (Å²) >= 11 is 2.94. The normalized spacial score (nSPS) is 11.7. The molecule has 0 N–H and O–H groups in total. The molecule has 0 aromatic carbocycles. The number of nitrogens with zero attached hydrogens (tertiary/aromatic N) is 4. The zero-order chi connectivity index (χ0) is 19.0. The lowest BCUT2D eigenvalue weighted by molar-refractivity contribution is -0.135. The molecule has 6 nitrogen and oxygen atoms in total. The third kappa shape index (κ3) is 3.43. The van der Waals surface area contributed by atoms with Gasteiger partial charge < -0.3 is 4.90 Å². The van der Waals surface area contributed by atoms with Crippen LogP contribution in [0.2, 0.25) is 0 Å². The number of hydrogen-bond acceptors (Lipinski definition) is 6. The molecular formula is C18H22N4O2S2. The van der Waals surface area contributed by atoms with E-state index in [2.05, 4.69) is 9.97 Å². The topological polar surface area (TPSA) is 68.1 Å². The van der Waals surface area contributed by atoms with Crippen molar-refractivity contribution in [1.82, 2.24) is 19.4 Å². The summed E-state index contributed by atoms with van der Waals surface area (Å²) in [6, 6.07) is 3.98. The number of thiophene rings is 1. The second-order valence-corrected chi connectivity index (χ2v) is 8.81. The largest absolute Gasteiger partial charge is 0.349 e. The van der Waals surface area contributed by atoms with Crippen molar-refractivity contribution >= 4 is 38.9 Å². The number of rotatable bonds is 5. The molecule has 26 heavy (non-hydrogen) atoms. The summed E-state index contributed by atoms with van der Waals surface area (Å²) < 4.78 is 1.46. The lowest BCUT2D eigenvalue weighted by atomic mass is 10.2. The Bertz CT molecular complexity index is 979. The van der Waals surface area contributed by atoms with E-state index in [1.165, 1.54) is 27.2 Å². The molecule has 3 heterocycles. The first kappa shape index (κ1) is 18.7. The Morgan fingerprint density at radius 1 is 1.23 bits per heavy atom. The first-order chi connectivity index (χ1) is 12.3. The predicted octanol–water partition coefficient (Wildman–Crippen LogP) is 3.54. The van der Waals surface area contributed by atoms with Crippen LogP contribution in [0.5, 0.6) is 0 Å². The molecule has 3 aromatic heterocycles. The summed E-state index contributed by atoms with van der Waals surface area (Å²) in [7, 11) is 0. The quantitative estimate of drug-likeness (QED) is 0.668. The number of carbonyl (C=O) groups is 1. The molecule has 8 heteroatoms. The second kappa shape index (κ2) is 7.28. The minimum atomic E-state index is -0.412. The van der Waals surface area contributed by atoms with Gasteiger partial charge in [0.1, 0.15) is 22.6 Å². The van der Waals surface area contributed by atoms with E-state index in [0.29, 0.717) is 16.0 Å². The van der Waals surface area contributed by atoms with Crippen molar-refractivity contribution in [3.8, 4) is 10.6 Å². The van der Waals surface area contributed by atoms with Gasteiger partial charge in [0, 0.05) is 12.1 Å². The van der Waals surface area contributed by atoms with E-state index in [-0.39, 0.29) is 24.5 Å². The fraction of sp³-hybridized carbons (Fsp3) is 0.444.